The number of amides is 1. The first-order valence-corrected chi connectivity index (χ1v) is 11.8. The first kappa shape index (κ1) is 24.5. The molecule has 1 N–H and O–H groups in total. The monoisotopic (exact) mass is 475 g/mol. The molecule has 0 radical (unpaired) electrons. The summed E-state index contributed by atoms with van der Waals surface area (Å²) in [6.07, 6.45) is 3.05. The van der Waals surface area contributed by atoms with Crippen LogP contribution in [0.1, 0.15) is 38.4 Å². The Bertz CT molecular complexity index is 1280. The molecule has 0 fully saturated rings. The molecule has 35 heavy (non-hydrogen) atoms. The Morgan fingerprint density at radius 3 is 2.60 bits per heavy atom. The molecule has 0 saturated heterocycles. The highest BCUT2D eigenvalue weighted by Gasteiger charge is 2.19. The number of hydrogen-bond donors (Lipinski definition) is 1. The number of fused-ring (bicyclic) bond motifs is 1. The van der Waals surface area contributed by atoms with E-state index in [4.69, 9.17) is 9.26 Å². The molecule has 2 heterocycles. The number of nitrogens with one attached hydrogen (secondary N) is 1. The number of methoxy groups -OCH3 is 1. The van der Waals surface area contributed by atoms with E-state index in [0.717, 1.165) is 53.2 Å². The van der Waals surface area contributed by atoms with E-state index in [1.54, 1.807) is 13.2 Å². The molecule has 4 aromatic rings. The van der Waals surface area contributed by atoms with Gasteiger partial charge in [-0.3, -0.25) is 14.7 Å². The van der Waals surface area contributed by atoms with Crippen molar-refractivity contribution in [1.82, 2.24) is 14.7 Å². The van der Waals surface area contributed by atoms with E-state index >= 15 is 0 Å². The third kappa shape index (κ3) is 5.89. The Kier molecular flexibility index (Phi) is 7.21. The Morgan fingerprint density at radius 2 is 1.91 bits per heavy atom. The molecular formula is C27H33N5O3. The van der Waals surface area contributed by atoms with E-state index in [9.17, 15) is 4.79 Å². The molecule has 0 aliphatic heterocycles. The Morgan fingerprint density at radius 1 is 1.14 bits per heavy atom. The lowest BCUT2D eigenvalue weighted by Crippen LogP contribution is -2.19. The average Bonchev–Trinajstić information content (AvgIpc) is 3.46. The summed E-state index contributed by atoms with van der Waals surface area (Å²) in [5.41, 5.74) is 5.66. The largest absolute Gasteiger partial charge is 0.385 e. The average molecular weight is 476 g/mol. The summed E-state index contributed by atoms with van der Waals surface area (Å²) in [7, 11) is 3.80. The topological polar surface area (TPSA) is 85.4 Å². The van der Waals surface area contributed by atoms with Gasteiger partial charge in [-0.2, -0.15) is 0 Å². The number of carbonyl (C=O) groups is 1. The lowest BCUT2D eigenvalue weighted by Gasteiger charge is -2.19. The molecule has 8 nitrogen and oxygen atoms in total. The van der Waals surface area contributed by atoms with Gasteiger partial charge < -0.3 is 14.2 Å². The summed E-state index contributed by atoms with van der Waals surface area (Å²) in [5.74, 6) is 0.217. The van der Waals surface area contributed by atoms with Crippen LogP contribution in [0.2, 0.25) is 0 Å². The second kappa shape index (κ2) is 10.3. The van der Waals surface area contributed by atoms with E-state index in [1.165, 1.54) is 0 Å². The van der Waals surface area contributed by atoms with Crippen molar-refractivity contribution in [3.05, 3.63) is 66.1 Å². The van der Waals surface area contributed by atoms with E-state index in [1.807, 2.05) is 51.4 Å². The lowest BCUT2D eigenvalue weighted by molar-refractivity contribution is -0.115. The van der Waals surface area contributed by atoms with Crippen LogP contribution in [0.5, 0.6) is 0 Å². The van der Waals surface area contributed by atoms with Crippen LogP contribution >= 0.6 is 0 Å². The minimum absolute atomic E-state index is 0.138. The second-order valence-electron chi connectivity index (χ2n) is 9.77. The van der Waals surface area contributed by atoms with Crippen LogP contribution in [0.3, 0.4) is 0 Å². The quantitative estimate of drug-likeness (QED) is 0.344. The van der Waals surface area contributed by atoms with Crippen molar-refractivity contribution in [3.8, 4) is 5.69 Å². The fourth-order valence-corrected chi connectivity index (χ4v) is 3.85. The number of hydrogen-bond acceptors (Lipinski definition) is 6. The van der Waals surface area contributed by atoms with Crippen LogP contribution in [0.4, 0.5) is 11.6 Å². The van der Waals surface area contributed by atoms with Gasteiger partial charge in [0.25, 0.3) is 0 Å². The van der Waals surface area contributed by atoms with Crippen LogP contribution in [-0.2, 0) is 21.4 Å². The molecule has 0 aliphatic carbocycles. The van der Waals surface area contributed by atoms with Crippen LogP contribution in [0.15, 0.2) is 59.4 Å². The molecule has 2 aromatic carbocycles. The zero-order valence-corrected chi connectivity index (χ0v) is 21.0. The van der Waals surface area contributed by atoms with Gasteiger partial charge in [0.15, 0.2) is 0 Å². The van der Waals surface area contributed by atoms with Crippen molar-refractivity contribution >= 4 is 28.5 Å². The number of ether oxygens (including phenoxy) is 1. The first-order valence-electron chi connectivity index (χ1n) is 11.8. The Hall–Kier alpha value is -3.65. The summed E-state index contributed by atoms with van der Waals surface area (Å²) in [5, 5.41) is 6.82. The Balaban J connectivity index is 1.41. The molecule has 0 aliphatic rings. The number of anilines is 2. The standard InChI is InChI=1S/C27H33N5O3/c1-27(2,3)24-17-26(35-30-24)29-25(33)15-19-7-9-20(10-8-19)32-18-28-22-16-21(11-12-23(22)32)31(4)13-6-14-34-5/h7-12,16-18H,6,13-15H2,1-5H3,(H,29,33). The molecule has 0 spiro atoms. The smallest absolute Gasteiger partial charge is 0.231 e. The second-order valence-corrected chi connectivity index (χ2v) is 9.77. The zero-order valence-electron chi connectivity index (χ0n) is 21.0. The van der Waals surface area contributed by atoms with Gasteiger partial charge in [-0.15, -0.1) is 0 Å². The van der Waals surface area contributed by atoms with Crippen LogP contribution in [0.25, 0.3) is 16.7 Å². The lowest BCUT2D eigenvalue weighted by atomic mass is 9.92. The van der Waals surface area contributed by atoms with Crippen LogP contribution in [-0.4, -0.2) is 47.9 Å². The van der Waals surface area contributed by atoms with Gasteiger partial charge in [0.2, 0.25) is 11.8 Å². The van der Waals surface area contributed by atoms with Crippen LogP contribution < -0.4 is 10.2 Å². The van der Waals surface area contributed by atoms with Crippen molar-refractivity contribution in [1.29, 1.82) is 0 Å². The van der Waals surface area contributed by atoms with Gasteiger partial charge in [-0.1, -0.05) is 38.1 Å². The van der Waals surface area contributed by atoms with E-state index < -0.39 is 0 Å². The molecule has 184 valence electrons. The number of nitrogens with zero attached hydrogens (tertiary/aromatic N) is 4. The van der Waals surface area contributed by atoms with Crippen molar-refractivity contribution in [3.63, 3.8) is 0 Å². The van der Waals surface area contributed by atoms with Crippen molar-refractivity contribution in [2.45, 2.75) is 39.0 Å². The number of aromatic nitrogens is 3. The first-order chi connectivity index (χ1) is 16.7. The molecule has 4 rings (SSSR count). The van der Waals surface area contributed by atoms with Gasteiger partial charge in [0, 0.05) is 50.2 Å². The van der Waals surface area contributed by atoms with Gasteiger partial charge in [-0.05, 0) is 42.3 Å². The van der Waals surface area contributed by atoms with Crippen LogP contribution in [0, 0.1) is 0 Å². The maximum absolute atomic E-state index is 12.5. The maximum atomic E-state index is 12.5. The highest BCUT2D eigenvalue weighted by atomic mass is 16.5. The van der Waals surface area contributed by atoms with Crippen molar-refractivity contribution in [2.75, 3.05) is 37.5 Å². The summed E-state index contributed by atoms with van der Waals surface area (Å²) in [6.45, 7) is 7.80. The zero-order chi connectivity index (χ0) is 25.0. The molecule has 8 heteroatoms. The maximum Gasteiger partial charge on any atom is 0.231 e. The molecule has 0 saturated carbocycles. The Labute approximate surface area is 205 Å². The van der Waals surface area contributed by atoms with Gasteiger partial charge in [-0.25, -0.2) is 4.98 Å². The summed E-state index contributed by atoms with van der Waals surface area (Å²) in [6, 6.07) is 16.0. The molecule has 0 unspecified atom stereocenters. The number of benzene rings is 2. The van der Waals surface area contributed by atoms with Gasteiger partial charge >= 0.3 is 0 Å². The highest BCUT2D eigenvalue weighted by molar-refractivity contribution is 5.91. The van der Waals surface area contributed by atoms with Crippen molar-refractivity contribution in [2.24, 2.45) is 0 Å². The SMILES string of the molecule is COCCCN(C)c1ccc2c(c1)ncn2-c1ccc(CC(=O)Nc2cc(C(C)(C)C)no2)cc1. The van der Waals surface area contributed by atoms with E-state index in [2.05, 4.69) is 50.2 Å². The minimum atomic E-state index is -0.149. The highest BCUT2D eigenvalue weighted by Crippen LogP contribution is 2.25. The molecular weight excluding hydrogens is 442 g/mol. The normalized spacial score (nSPS) is 11.7. The predicted molar refractivity (Wildman–Crippen MR) is 138 cm³/mol. The van der Waals surface area contributed by atoms with E-state index in [-0.39, 0.29) is 17.7 Å². The number of imidazole rings is 1. The number of carbonyl (C=O) groups excluding carboxylic acids is 1. The molecule has 0 atom stereocenters. The van der Waals surface area contributed by atoms with Crippen molar-refractivity contribution < 1.29 is 14.1 Å². The predicted octanol–water partition coefficient (Wildman–Crippen LogP) is 4.96. The van der Waals surface area contributed by atoms with Gasteiger partial charge in [0.1, 0.15) is 6.33 Å². The molecule has 2 aromatic heterocycles. The fraction of sp³-hybridized carbons (Fsp3) is 0.370. The third-order valence-corrected chi connectivity index (χ3v) is 5.93. The number of rotatable bonds is 9. The fourth-order valence-electron chi connectivity index (χ4n) is 3.85. The summed E-state index contributed by atoms with van der Waals surface area (Å²) < 4.78 is 12.5. The third-order valence-electron chi connectivity index (χ3n) is 5.93. The minimum Gasteiger partial charge on any atom is -0.385 e. The molecule has 0 bridgehead atoms. The van der Waals surface area contributed by atoms with Gasteiger partial charge in [0.05, 0.1) is 23.1 Å². The summed E-state index contributed by atoms with van der Waals surface area (Å²) >= 11 is 0. The summed E-state index contributed by atoms with van der Waals surface area (Å²) in [4.78, 5) is 19.3. The molecule has 1 amide bonds. The van der Waals surface area contributed by atoms with E-state index in [0.29, 0.717) is 5.88 Å².